The van der Waals surface area contributed by atoms with Gasteiger partial charge in [-0.1, -0.05) is 13.3 Å². The SMILES string of the molecule is CCCCOc1cc(OC)nc2ccc(C(=O)N3CCOCC3)cc12. The lowest BCUT2D eigenvalue weighted by Crippen LogP contribution is -2.40. The topological polar surface area (TPSA) is 60.9 Å². The molecule has 0 unspecified atom stereocenters. The van der Waals surface area contributed by atoms with Gasteiger partial charge in [-0.15, -0.1) is 0 Å². The van der Waals surface area contributed by atoms with Crippen molar-refractivity contribution in [1.82, 2.24) is 9.88 Å². The molecule has 1 fully saturated rings. The van der Waals surface area contributed by atoms with E-state index in [1.165, 1.54) is 0 Å². The molecule has 1 saturated heterocycles. The minimum atomic E-state index is 0.0144. The average Bonchev–Trinajstić information content (AvgIpc) is 2.67. The van der Waals surface area contributed by atoms with Gasteiger partial charge in [0.15, 0.2) is 0 Å². The van der Waals surface area contributed by atoms with Crippen LogP contribution >= 0.6 is 0 Å². The smallest absolute Gasteiger partial charge is 0.254 e. The molecule has 0 saturated carbocycles. The predicted octanol–water partition coefficient (Wildman–Crippen LogP) is 2.89. The zero-order valence-corrected chi connectivity index (χ0v) is 14.8. The normalized spacial score (nSPS) is 14.6. The molecule has 0 N–H and O–H groups in total. The molecule has 25 heavy (non-hydrogen) atoms. The molecule has 0 radical (unpaired) electrons. The number of carbonyl (C=O) groups is 1. The van der Waals surface area contributed by atoms with Crippen LogP contribution in [-0.2, 0) is 4.74 Å². The maximum atomic E-state index is 12.7. The second-order valence-electron chi connectivity index (χ2n) is 6.00. The summed E-state index contributed by atoms with van der Waals surface area (Å²) in [7, 11) is 1.58. The number of hydrogen-bond acceptors (Lipinski definition) is 5. The third-order valence-corrected chi connectivity index (χ3v) is 4.26. The third-order valence-electron chi connectivity index (χ3n) is 4.26. The highest BCUT2D eigenvalue weighted by molar-refractivity contribution is 5.99. The quantitative estimate of drug-likeness (QED) is 0.754. The second kappa shape index (κ2) is 8.16. The molecular formula is C19H24N2O4. The van der Waals surface area contributed by atoms with E-state index >= 15 is 0 Å². The molecule has 0 spiro atoms. The molecular weight excluding hydrogens is 320 g/mol. The Labute approximate surface area is 147 Å². The van der Waals surface area contributed by atoms with Gasteiger partial charge in [-0.25, -0.2) is 4.98 Å². The lowest BCUT2D eigenvalue weighted by atomic mass is 10.1. The summed E-state index contributed by atoms with van der Waals surface area (Å²) in [5.41, 5.74) is 1.39. The second-order valence-corrected chi connectivity index (χ2v) is 6.00. The molecule has 6 heteroatoms. The van der Waals surface area contributed by atoms with Crippen LogP contribution in [0.15, 0.2) is 24.3 Å². The summed E-state index contributed by atoms with van der Waals surface area (Å²) < 4.78 is 16.5. The van der Waals surface area contributed by atoms with Gasteiger partial charge >= 0.3 is 0 Å². The number of unbranched alkanes of at least 4 members (excludes halogenated alkanes) is 1. The summed E-state index contributed by atoms with van der Waals surface area (Å²) in [6, 6.07) is 7.29. The Morgan fingerprint density at radius 2 is 2.08 bits per heavy atom. The van der Waals surface area contributed by atoms with Crippen molar-refractivity contribution in [2.45, 2.75) is 19.8 Å². The van der Waals surface area contributed by atoms with Crippen LogP contribution in [0.1, 0.15) is 30.1 Å². The van der Waals surface area contributed by atoms with Gasteiger partial charge in [0.2, 0.25) is 5.88 Å². The maximum Gasteiger partial charge on any atom is 0.254 e. The first-order chi connectivity index (χ1) is 12.2. The van der Waals surface area contributed by atoms with Crippen molar-refractivity contribution in [3.63, 3.8) is 0 Å². The zero-order valence-electron chi connectivity index (χ0n) is 14.8. The van der Waals surface area contributed by atoms with Crippen LogP contribution in [0.4, 0.5) is 0 Å². The van der Waals surface area contributed by atoms with Gasteiger partial charge in [-0.05, 0) is 24.6 Å². The molecule has 1 aromatic heterocycles. The number of benzene rings is 1. The van der Waals surface area contributed by atoms with Crippen LogP contribution in [0, 0.1) is 0 Å². The summed E-state index contributed by atoms with van der Waals surface area (Å²) >= 11 is 0. The highest BCUT2D eigenvalue weighted by Gasteiger charge is 2.19. The Morgan fingerprint density at radius 3 is 2.80 bits per heavy atom. The summed E-state index contributed by atoms with van der Waals surface area (Å²) in [4.78, 5) is 19.0. The number of amides is 1. The van der Waals surface area contributed by atoms with E-state index in [-0.39, 0.29) is 5.91 Å². The molecule has 1 aliphatic heterocycles. The van der Waals surface area contributed by atoms with Crippen molar-refractivity contribution in [1.29, 1.82) is 0 Å². The Balaban J connectivity index is 1.93. The molecule has 1 aliphatic rings. The first kappa shape index (κ1) is 17.5. The van der Waals surface area contributed by atoms with Crippen LogP contribution in [-0.4, -0.2) is 55.8 Å². The van der Waals surface area contributed by atoms with Crippen LogP contribution in [0.2, 0.25) is 0 Å². The van der Waals surface area contributed by atoms with Crippen LogP contribution in [0.3, 0.4) is 0 Å². The fraction of sp³-hybridized carbons (Fsp3) is 0.474. The highest BCUT2D eigenvalue weighted by Crippen LogP contribution is 2.30. The van der Waals surface area contributed by atoms with Crippen LogP contribution in [0.25, 0.3) is 10.9 Å². The molecule has 134 valence electrons. The van der Waals surface area contributed by atoms with E-state index in [0.29, 0.717) is 50.1 Å². The molecule has 1 amide bonds. The number of aromatic nitrogens is 1. The van der Waals surface area contributed by atoms with Crippen molar-refractivity contribution in [3.8, 4) is 11.6 Å². The lowest BCUT2D eigenvalue weighted by Gasteiger charge is -2.27. The van der Waals surface area contributed by atoms with E-state index in [1.54, 1.807) is 13.2 Å². The van der Waals surface area contributed by atoms with Crippen molar-refractivity contribution < 1.29 is 19.0 Å². The number of hydrogen-bond donors (Lipinski definition) is 0. The predicted molar refractivity (Wildman–Crippen MR) is 95.4 cm³/mol. The first-order valence-electron chi connectivity index (χ1n) is 8.71. The number of morpholine rings is 1. The Morgan fingerprint density at radius 1 is 1.28 bits per heavy atom. The fourth-order valence-electron chi connectivity index (χ4n) is 2.80. The summed E-state index contributed by atoms with van der Waals surface area (Å²) in [5.74, 6) is 1.22. The lowest BCUT2D eigenvalue weighted by molar-refractivity contribution is 0.0303. The standard InChI is InChI=1S/C19H24N2O4/c1-3-4-9-25-17-13-18(23-2)20-16-6-5-14(12-15(16)17)19(22)21-7-10-24-11-8-21/h5-6,12-13H,3-4,7-11H2,1-2H3. The minimum absolute atomic E-state index is 0.0144. The van der Waals surface area contributed by atoms with Crippen molar-refractivity contribution in [3.05, 3.63) is 29.8 Å². The summed E-state index contributed by atoms with van der Waals surface area (Å²) in [6.45, 7) is 5.16. The monoisotopic (exact) mass is 344 g/mol. The van der Waals surface area contributed by atoms with E-state index in [4.69, 9.17) is 14.2 Å². The van der Waals surface area contributed by atoms with E-state index in [9.17, 15) is 4.79 Å². The van der Waals surface area contributed by atoms with Gasteiger partial charge in [0.1, 0.15) is 5.75 Å². The van der Waals surface area contributed by atoms with Crippen LogP contribution in [0.5, 0.6) is 11.6 Å². The molecule has 2 heterocycles. The Bertz CT molecular complexity index is 742. The number of pyridine rings is 1. The van der Waals surface area contributed by atoms with E-state index in [0.717, 1.165) is 23.7 Å². The summed E-state index contributed by atoms with van der Waals surface area (Å²) in [6.07, 6.45) is 2.03. The molecule has 3 rings (SSSR count). The first-order valence-corrected chi connectivity index (χ1v) is 8.71. The fourth-order valence-corrected chi connectivity index (χ4v) is 2.80. The number of carbonyl (C=O) groups excluding carboxylic acids is 1. The number of fused-ring (bicyclic) bond motifs is 1. The third kappa shape index (κ3) is 4.02. The van der Waals surface area contributed by atoms with Gasteiger partial charge in [0, 0.05) is 30.1 Å². The molecule has 2 aromatic rings. The molecule has 0 bridgehead atoms. The van der Waals surface area contributed by atoms with Gasteiger partial charge < -0.3 is 19.1 Å². The maximum absolute atomic E-state index is 12.7. The molecule has 6 nitrogen and oxygen atoms in total. The zero-order chi connectivity index (χ0) is 17.6. The van der Waals surface area contributed by atoms with Crippen molar-refractivity contribution in [2.75, 3.05) is 40.0 Å². The molecule has 0 aliphatic carbocycles. The van der Waals surface area contributed by atoms with E-state index in [2.05, 4.69) is 11.9 Å². The minimum Gasteiger partial charge on any atom is -0.493 e. The number of ether oxygens (including phenoxy) is 3. The molecule has 0 atom stereocenters. The van der Waals surface area contributed by atoms with Gasteiger partial charge in [-0.3, -0.25) is 4.79 Å². The van der Waals surface area contributed by atoms with Gasteiger partial charge in [-0.2, -0.15) is 0 Å². The van der Waals surface area contributed by atoms with Crippen LogP contribution < -0.4 is 9.47 Å². The van der Waals surface area contributed by atoms with E-state index < -0.39 is 0 Å². The number of rotatable bonds is 6. The highest BCUT2D eigenvalue weighted by atomic mass is 16.5. The number of nitrogens with zero attached hydrogens (tertiary/aromatic N) is 2. The number of methoxy groups -OCH3 is 1. The van der Waals surface area contributed by atoms with Crippen molar-refractivity contribution >= 4 is 16.8 Å². The molecule has 1 aromatic carbocycles. The summed E-state index contributed by atoms with van der Waals surface area (Å²) in [5, 5.41) is 0.830. The van der Waals surface area contributed by atoms with Crippen molar-refractivity contribution in [2.24, 2.45) is 0 Å². The largest absolute Gasteiger partial charge is 0.493 e. The Hall–Kier alpha value is -2.34. The van der Waals surface area contributed by atoms with E-state index in [1.807, 2.05) is 23.1 Å². The van der Waals surface area contributed by atoms with Gasteiger partial charge in [0.25, 0.3) is 5.91 Å². The van der Waals surface area contributed by atoms with Gasteiger partial charge in [0.05, 0.1) is 32.4 Å². The Kier molecular flexibility index (Phi) is 5.71. The average molecular weight is 344 g/mol.